The smallest absolute Gasteiger partial charge is 0.284 e. The summed E-state index contributed by atoms with van der Waals surface area (Å²) in [6, 6.07) is 13.4. The lowest BCUT2D eigenvalue weighted by molar-refractivity contribution is 0.0937. The van der Waals surface area contributed by atoms with E-state index in [1.54, 1.807) is 56.6 Å². The van der Waals surface area contributed by atoms with Gasteiger partial charge in [0.25, 0.3) is 11.5 Å². The molecule has 0 unspecified atom stereocenters. The number of aromatic nitrogens is 4. The molecule has 0 aliphatic rings. The van der Waals surface area contributed by atoms with Gasteiger partial charge in [-0.2, -0.15) is 20.1 Å². The molecule has 1 atom stereocenters. The predicted molar refractivity (Wildman–Crippen MR) is 124 cm³/mol. The number of hydrogen-bond donors (Lipinski definition) is 1. The number of nitriles is 1. The zero-order valence-electron chi connectivity index (χ0n) is 18.2. The molecular weight excluding hydrogens is 459 g/mol. The van der Waals surface area contributed by atoms with E-state index in [1.165, 1.54) is 29.1 Å². The average Bonchev–Trinajstić information content (AvgIpc) is 3.25. The van der Waals surface area contributed by atoms with Gasteiger partial charge < -0.3 is 5.32 Å². The maximum absolute atomic E-state index is 14.0. The Morgan fingerprint density at radius 1 is 1.21 bits per heavy atom. The summed E-state index contributed by atoms with van der Waals surface area (Å²) in [4.78, 5) is 26.3. The van der Waals surface area contributed by atoms with Crippen LogP contribution in [0.2, 0.25) is 5.02 Å². The molecule has 4 rings (SSSR count). The molecular formula is C24H18ClFN6O2. The number of rotatable bonds is 5. The highest BCUT2D eigenvalue weighted by Crippen LogP contribution is 2.21. The number of benzene rings is 2. The number of halogens is 2. The van der Waals surface area contributed by atoms with Crippen molar-refractivity contribution in [2.24, 2.45) is 7.05 Å². The summed E-state index contributed by atoms with van der Waals surface area (Å²) in [5.41, 5.74) is 0.985. The Labute approximate surface area is 198 Å². The number of hydrogen-bond acceptors (Lipinski definition) is 5. The number of nitrogens with zero attached hydrogens (tertiary/aromatic N) is 5. The fourth-order valence-electron chi connectivity index (χ4n) is 3.36. The van der Waals surface area contributed by atoms with Crippen molar-refractivity contribution >= 4 is 17.5 Å². The van der Waals surface area contributed by atoms with Crippen LogP contribution >= 0.6 is 11.6 Å². The second-order valence-electron chi connectivity index (χ2n) is 7.59. The van der Waals surface area contributed by atoms with Crippen molar-refractivity contribution in [3.63, 3.8) is 0 Å². The highest BCUT2D eigenvalue weighted by molar-refractivity contribution is 6.30. The van der Waals surface area contributed by atoms with Gasteiger partial charge >= 0.3 is 0 Å². The van der Waals surface area contributed by atoms with Crippen molar-refractivity contribution in [2.75, 3.05) is 0 Å². The summed E-state index contributed by atoms with van der Waals surface area (Å²) >= 11 is 5.99. The van der Waals surface area contributed by atoms with Gasteiger partial charge in [0.15, 0.2) is 0 Å². The van der Waals surface area contributed by atoms with Crippen LogP contribution in [0.4, 0.5) is 4.39 Å². The molecule has 2 aromatic heterocycles. The first kappa shape index (κ1) is 22.9. The summed E-state index contributed by atoms with van der Waals surface area (Å²) in [5, 5.41) is 20.7. The third kappa shape index (κ3) is 4.58. The molecule has 8 nitrogen and oxygen atoms in total. The van der Waals surface area contributed by atoms with E-state index in [0.29, 0.717) is 27.5 Å². The highest BCUT2D eigenvalue weighted by Gasteiger charge is 2.20. The lowest BCUT2D eigenvalue weighted by Crippen LogP contribution is -2.35. The molecule has 0 spiro atoms. The summed E-state index contributed by atoms with van der Waals surface area (Å²) < 4.78 is 16.7. The first-order valence-corrected chi connectivity index (χ1v) is 10.5. The van der Waals surface area contributed by atoms with Crippen molar-refractivity contribution in [3.8, 4) is 23.0 Å². The fraction of sp³-hybridized carbons (Fsp3) is 0.125. The Morgan fingerprint density at radius 3 is 2.56 bits per heavy atom. The van der Waals surface area contributed by atoms with E-state index in [2.05, 4.69) is 15.5 Å². The Kier molecular flexibility index (Phi) is 6.25. The summed E-state index contributed by atoms with van der Waals surface area (Å²) in [7, 11) is 1.70. The van der Waals surface area contributed by atoms with E-state index in [-0.39, 0.29) is 11.1 Å². The van der Waals surface area contributed by atoms with Crippen molar-refractivity contribution in [3.05, 3.63) is 98.8 Å². The molecule has 170 valence electrons. The maximum atomic E-state index is 14.0. The zero-order valence-corrected chi connectivity index (χ0v) is 18.9. The summed E-state index contributed by atoms with van der Waals surface area (Å²) in [6.45, 7) is 1.65. The van der Waals surface area contributed by atoms with Crippen molar-refractivity contribution in [2.45, 2.75) is 13.0 Å². The predicted octanol–water partition coefficient (Wildman–Crippen LogP) is 3.79. The van der Waals surface area contributed by atoms with Crippen LogP contribution in [0, 0.1) is 17.1 Å². The summed E-state index contributed by atoms with van der Waals surface area (Å²) in [6.07, 6.45) is 3.06. The Hall–Kier alpha value is -4.29. The third-order valence-electron chi connectivity index (χ3n) is 5.19. The molecule has 0 aliphatic heterocycles. The van der Waals surface area contributed by atoms with Crippen LogP contribution in [0.5, 0.6) is 0 Å². The molecule has 0 radical (unpaired) electrons. The van der Waals surface area contributed by atoms with Gasteiger partial charge in [-0.3, -0.25) is 14.3 Å². The molecule has 2 aromatic carbocycles. The van der Waals surface area contributed by atoms with Crippen LogP contribution in [0.3, 0.4) is 0 Å². The number of amides is 1. The Balaban J connectivity index is 1.75. The van der Waals surface area contributed by atoms with Gasteiger partial charge in [0.2, 0.25) is 0 Å². The number of nitrogens with one attached hydrogen (secondary N) is 1. The van der Waals surface area contributed by atoms with Crippen LogP contribution in [-0.2, 0) is 7.05 Å². The molecule has 34 heavy (non-hydrogen) atoms. The minimum absolute atomic E-state index is 0.0941. The van der Waals surface area contributed by atoms with Crippen LogP contribution in [0.15, 0.2) is 65.7 Å². The highest BCUT2D eigenvalue weighted by atomic mass is 35.5. The molecule has 1 amide bonds. The second-order valence-corrected chi connectivity index (χ2v) is 8.02. The van der Waals surface area contributed by atoms with E-state index in [0.717, 1.165) is 4.68 Å². The topological polar surface area (TPSA) is 106 Å². The number of aryl methyl sites for hydroxylation is 1. The number of carbonyl (C=O) groups excluding carboxylic acids is 1. The average molecular weight is 477 g/mol. The molecule has 2 heterocycles. The normalized spacial score (nSPS) is 11.6. The number of carbonyl (C=O) groups is 1. The second kappa shape index (κ2) is 9.29. The van der Waals surface area contributed by atoms with Crippen LogP contribution in [0.25, 0.3) is 16.9 Å². The molecule has 0 fully saturated rings. The van der Waals surface area contributed by atoms with Crippen molar-refractivity contribution < 1.29 is 9.18 Å². The van der Waals surface area contributed by atoms with Gasteiger partial charge in [0, 0.05) is 17.6 Å². The van der Waals surface area contributed by atoms with E-state index in [1.807, 2.05) is 0 Å². The maximum Gasteiger partial charge on any atom is 0.284 e. The van der Waals surface area contributed by atoms with E-state index >= 15 is 0 Å². The molecule has 1 N–H and O–H groups in total. The van der Waals surface area contributed by atoms with Crippen LogP contribution in [-0.4, -0.2) is 25.5 Å². The molecule has 0 saturated carbocycles. The monoisotopic (exact) mass is 476 g/mol. The van der Waals surface area contributed by atoms with Gasteiger partial charge in [0.1, 0.15) is 23.1 Å². The van der Waals surface area contributed by atoms with Gasteiger partial charge in [-0.1, -0.05) is 29.8 Å². The van der Waals surface area contributed by atoms with Gasteiger partial charge in [0.05, 0.1) is 29.7 Å². The van der Waals surface area contributed by atoms with Crippen LogP contribution in [0.1, 0.15) is 34.5 Å². The van der Waals surface area contributed by atoms with Gasteiger partial charge in [-0.15, -0.1) is 0 Å². The first-order chi connectivity index (χ1) is 16.3. The molecule has 4 aromatic rings. The molecule has 0 aliphatic carbocycles. The van der Waals surface area contributed by atoms with Crippen molar-refractivity contribution in [1.29, 1.82) is 5.26 Å². The van der Waals surface area contributed by atoms with E-state index in [9.17, 15) is 14.0 Å². The van der Waals surface area contributed by atoms with Crippen molar-refractivity contribution in [1.82, 2.24) is 24.9 Å². The largest absolute Gasteiger partial charge is 0.345 e. The minimum atomic E-state index is -0.686. The molecule has 10 heteroatoms. The van der Waals surface area contributed by atoms with Gasteiger partial charge in [-0.25, -0.2) is 4.39 Å². The molecule has 0 bridgehead atoms. The fourth-order valence-corrected chi connectivity index (χ4v) is 3.49. The SMILES string of the molecule is C[C@H](NC(=O)c1cc(-c2ccc(Cl)cc2)nn(-c2cnn(C)c2)c1=O)c1ccc(C#N)c(F)c1. The first-order valence-electron chi connectivity index (χ1n) is 10.2. The van der Waals surface area contributed by atoms with Gasteiger partial charge in [-0.05, 0) is 42.8 Å². The van der Waals surface area contributed by atoms with Crippen LogP contribution < -0.4 is 10.9 Å². The third-order valence-corrected chi connectivity index (χ3v) is 5.45. The zero-order chi connectivity index (χ0) is 24.4. The minimum Gasteiger partial charge on any atom is -0.345 e. The Morgan fingerprint density at radius 2 is 1.94 bits per heavy atom. The summed E-state index contributed by atoms with van der Waals surface area (Å²) in [5.74, 6) is -1.34. The quantitative estimate of drug-likeness (QED) is 0.471. The lowest BCUT2D eigenvalue weighted by Gasteiger charge is -2.15. The van der Waals surface area contributed by atoms with E-state index < -0.39 is 23.3 Å². The standard InChI is InChI=1S/C24H18ClFN6O2/c1-14(16-3-4-17(11-27)21(26)9-16)29-23(33)20-10-22(15-5-7-18(25)8-6-15)30-32(24(20)34)19-12-28-31(2)13-19/h3-10,12-14H,1-2H3,(H,29,33)/t14-/m0/s1. The Bertz CT molecular complexity index is 1490. The van der Waals surface area contributed by atoms with E-state index in [4.69, 9.17) is 16.9 Å². The lowest BCUT2D eigenvalue weighted by atomic mass is 10.0. The molecule has 0 saturated heterocycles.